The molecule has 0 unspecified atom stereocenters. The van der Waals surface area contributed by atoms with Crippen LogP contribution in [0.15, 0.2) is 12.5 Å². The molecule has 102 valence electrons. The van der Waals surface area contributed by atoms with Crippen molar-refractivity contribution in [3.63, 3.8) is 0 Å². The second kappa shape index (κ2) is 5.14. The molecule has 0 bridgehead atoms. The van der Waals surface area contributed by atoms with Crippen molar-refractivity contribution in [1.29, 1.82) is 0 Å². The van der Waals surface area contributed by atoms with E-state index in [1.807, 2.05) is 6.20 Å². The third kappa shape index (κ3) is 2.41. The lowest BCUT2D eigenvalue weighted by Crippen LogP contribution is -2.39. The zero-order chi connectivity index (χ0) is 13.2. The van der Waals surface area contributed by atoms with E-state index in [0.717, 1.165) is 36.8 Å². The molecule has 1 fully saturated rings. The van der Waals surface area contributed by atoms with Gasteiger partial charge in [-0.05, 0) is 19.4 Å². The SMILES string of the molecule is Cc1cn[nH]c1[C@H]1COCCN1Cc1nc[nH]c1C. The van der Waals surface area contributed by atoms with E-state index in [4.69, 9.17) is 4.74 Å². The number of aromatic amines is 2. The van der Waals surface area contributed by atoms with Gasteiger partial charge in [0.15, 0.2) is 0 Å². The first-order valence-electron chi connectivity index (χ1n) is 6.56. The third-order valence-corrected chi connectivity index (χ3v) is 3.73. The van der Waals surface area contributed by atoms with Crippen molar-refractivity contribution < 1.29 is 4.74 Å². The molecule has 19 heavy (non-hydrogen) atoms. The molecule has 1 saturated heterocycles. The first-order chi connectivity index (χ1) is 9.25. The van der Waals surface area contributed by atoms with Crippen LogP contribution < -0.4 is 0 Å². The van der Waals surface area contributed by atoms with E-state index in [-0.39, 0.29) is 6.04 Å². The Morgan fingerprint density at radius 2 is 2.37 bits per heavy atom. The van der Waals surface area contributed by atoms with Crippen LogP contribution >= 0.6 is 0 Å². The maximum atomic E-state index is 5.62. The van der Waals surface area contributed by atoms with Crippen LogP contribution in [0.5, 0.6) is 0 Å². The molecule has 2 aromatic heterocycles. The van der Waals surface area contributed by atoms with Gasteiger partial charge in [-0.15, -0.1) is 0 Å². The lowest BCUT2D eigenvalue weighted by molar-refractivity contribution is -0.0150. The highest BCUT2D eigenvalue weighted by atomic mass is 16.5. The van der Waals surface area contributed by atoms with Crippen molar-refractivity contribution in [3.05, 3.63) is 35.2 Å². The topological polar surface area (TPSA) is 69.8 Å². The molecule has 1 atom stereocenters. The predicted molar refractivity (Wildman–Crippen MR) is 70.6 cm³/mol. The molecule has 0 radical (unpaired) electrons. The van der Waals surface area contributed by atoms with Gasteiger partial charge in [0.1, 0.15) is 0 Å². The molecule has 0 saturated carbocycles. The summed E-state index contributed by atoms with van der Waals surface area (Å²) in [4.78, 5) is 9.91. The average Bonchev–Trinajstić information content (AvgIpc) is 3.00. The van der Waals surface area contributed by atoms with Gasteiger partial charge >= 0.3 is 0 Å². The maximum absolute atomic E-state index is 5.62. The summed E-state index contributed by atoms with van der Waals surface area (Å²) in [5.74, 6) is 0. The van der Waals surface area contributed by atoms with Gasteiger partial charge in [0.05, 0.1) is 43.2 Å². The summed E-state index contributed by atoms with van der Waals surface area (Å²) < 4.78 is 5.62. The Labute approximate surface area is 112 Å². The Morgan fingerprint density at radius 1 is 1.47 bits per heavy atom. The minimum Gasteiger partial charge on any atom is -0.378 e. The predicted octanol–water partition coefficient (Wildman–Crippen LogP) is 1.32. The summed E-state index contributed by atoms with van der Waals surface area (Å²) >= 11 is 0. The number of nitrogens with zero attached hydrogens (tertiary/aromatic N) is 3. The van der Waals surface area contributed by atoms with E-state index in [1.165, 1.54) is 5.56 Å². The Bertz CT molecular complexity index is 547. The number of hydrogen-bond donors (Lipinski definition) is 2. The molecule has 6 heteroatoms. The lowest BCUT2D eigenvalue weighted by Gasteiger charge is -2.34. The number of aryl methyl sites for hydroxylation is 2. The molecule has 2 N–H and O–H groups in total. The molecule has 1 aliphatic heterocycles. The Kier molecular flexibility index (Phi) is 3.35. The van der Waals surface area contributed by atoms with Crippen LogP contribution in [0.25, 0.3) is 0 Å². The van der Waals surface area contributed by atoms with Gasteiger partial charge in [0.25, 0.3) is 0 Å². The van der Waals surface area contributed by atoms with E-state index in [9.17, 15) is 0 Å². The number of aromatic nitrogens is 4. The summed E-state index contributed by atoms with van der Waals surface area (Å²) in [5, 5.41) is 7.22. The molecule has 3 heterocycles. The van der Waals surface area contributed by atoms with Gasteiger partial charge < -0.3 is 9.72 Å². The second-order valence-corrected chi connectivity index (χ2v) is 5.00. The Hall–Kier alpha value is -1.66. The van der Waals surface area contributed by atoms with Crippen molar-refractivity contribution in [2.45, 2.75) is 26.4 Å². The molecular weight excluding hydrogens is 242 g/mol. The van der Waals surface area contributed by atoms with Crippen LogP contribution in [0.3, 0.4) is 0 Å². The molecule has 0 spiro atoms. The number of hydrogen-bond acceptors (Lipinski definition) is 4. The molecule has 2 aromatic rings. The number of nitrogens with one attached hydrogen (secondary N) is 2. The van der Waals surface area contributed by atoms with Crippen molar-refractivity contribution in [1.82, 2.24) is 25.1 Å². The van der Waals surface area contributed by atoms with Crippen LogP contribution in [0.4, 0.5) is 0 Å². The largest absolute Gasteiger partial charge is 0.378 e. The van der Waals surface area contributed by atoms with E-state index in [2.05, 4.69) is 38.9 Å². The van der Waals surface area contributed by atoms with E-state index in [0.29, 0.717) is 6.61 Å². The monoisotopic (exact) mass is 261 g/mol. The molecule has 6 nitrogen and oxygen atoms in total. The highest BCUT2D eigenvalue weighted by Gasteiger charge is 2.27. The first kappa shape index (κ1) is 12.4. The summed E-state index contributed by atoms with van der Waals surface area (Å²) in [5.41, 5.74) is 4.56. The normalized spacial score (nSPS) is 20.8. The average molecular weight is 261 g/mol. The number of morpholine rings is 1. The first-order valence-corrected chi connectivity index (χ1v) is 6.56. The van der Waals surface area contributed by atoms with Crippen molar-refractivity contribution in [2.24, 2.45) is 0 Å². The number of imidazole rings is 1. The van der Waals surface area contributed by atoms with Gasteiger partial charge in [-0.3, -0.25) is 10.00 Å². The highest BCUT2D eigenvalue weighted by Crippen LogP contribution is 2.26. The zero-order valence-corrected chi connectivity index (χ0v) is 11.3. The standard InChI is InChI=1S/C13H19N5O/c1-9-5-16-17-13(9)12-7-19-4-3-18(12)6-11-10(2)14-8-15-11/h5,8,12H,3-4,6-7H2,1-2H3,(H,14,15)(H,16,17)/t12-/m1/s1. The van der Waals surface area contributed by atoms with Crippen molar-refractivity contribution in [2.75, 3.05) is 19.8 Å². The molecular formula is C13H19N5O. The van der Waals surface area contributed by atoms with Crippen LogP contribution in [0.2, 0.25) is 0 Å². The fourth-order valence-electron chi connectivity index (χ4n) is 2.53. The second-order valence-electron chi connectivity index (χ2n) is 5.00. The minimum absolute atomic E-state index is 0.229. The molecule has 0 aliphatic carbocycles. The van der Waals surface area contributed by atoms with Gasteiger partial charge in [0, 0.05) is 18.8 Å². The summed E-state index contributed by atoms with van der Waals surface area (Å²) in [6.07, 6.45) is 3.61. The van der Waals surface area contributed by atoms with Crippen LogP contribution in [-0.4, -0.2) is 44.8 Å². The van der Waals surface area contributed by atoms with Gasteiger partial charge in [-0.25, -0.2) is 4.98 Å². The minimum atomic E-state index is 0.229. The maximum Gasteiger partial charge on any atom is 0.0925 e. The van der Waals surface area contributed by atoms with E-state index < -0.39 is 0 Å². The highest BCUT2D eigenvalue weighted by molar-refractivity contribution is 5.19. The fourth-order valence-corrected chi connectivity index (χ4v) is 2.53. The molecule has 0 amide bonds. The van der Waals surface area contributed by atoms with Crippen LogP contribution in [-0.2, 0) is 11.3 Å². The van der Waals surface area contributed by atoms with Crippen LogP contribution in [0, 0.1) is 13.8 Å². The lowest BCUT2D eigenvalue weighted by atomic mass is 10.1. The van der Waals surface area contributed by atoms with Crippen molar-refractivity contribution in [3.8, 4) is 0 Å². The summed E-state index contributed by atoms with van der Waals surface area (Å²) in [6.45, 7) is 7.35. The smallest absolute Gasteiger partial charge is 0.0925 e. The van der Waals surface area contributed by atoms with Crippen LogP contribution in [0.1, 0.15) is 28.7 Å². The quantitative estimate of drug-likeness (QED) is 0.874. The molecule has 1 aliphatic rings. The summed E-state index contributed by atoms with van der Waals surface area (Å²) in [6, 6.07) is 0.229. The fraction of sp³-hybridized carbons (Fsp3) is 0.538. The van der Waals surface area contributed by atoms with Gasteiger partial charge in [-0.1, -0.05) is 0 Å². The summed E-state index contributed by atoms with van der Waals surface area (Å²) in [7, 11) is 0. The number of ether oxygens (including phenoxy) is 1. The Balaban J connectivity index is 1.82. The zero-order valence-electron chi connectivity index (χ0n) is 11.3. The van der Waals surface area contributed by atoms with Crippen molar-refractivity contribution >= 4 is 0 Å². The van der Waals surface area contributed by atoms with Gasteiger partial charge in [-0.2, -0.15) is 5.10 Å². The van der Waals surface area contributed by atoms with Gasteiger partial charge in [0.2, 0.25) is 0 Å². The van der Waals surface area contributed by atoms with E-state index >= 15 is 0 Å². The van der Waals surface area contributed by atoms with E-state index in [1.54, 1.807) is 6.33 Å². The third-order valence-electron chi connectivity index (χ3n) is 3.73. The molecule has 3 rings (SSSR count). The molecule has 0 aromatic carbocycles. The number of H-pyrrole nitrogens is 2. The Morgan fingerprint density at radius 3 is 3.05 bits per heavy atom. The number of rotatable bonds is 3.